The van der Waals surface area contributed by atoms with E-state index in [1.165, 1.54) is 0 Å². The quantitative estimate of drug-likeness (QED) is 0.794. The molecule has 22 heavy (non-hydrogen) atoms. The summed E-state index contributed by atoms with van der Waals surface area (Å²) in [6.45, 7) is 1.61. The number of carbonyl (C=O) groups is 1. The summed E-state index contributed by atoms with van der Waals surface area (Å²) in [5.74, 6) is 0.954. The number of aliphatic hydroxyl groups is 1. The number of anilines is 1. The van der Waals surface area contributed by atoms with Crippen molar-refractivity contribution in [2.24, 2.45) is 5.41 Å². The molecule has 1 saturated heterocycles. The van der Waals surface area contributed by atoms with Crippen molar-refractivity contribution in [2.75, 3.05) is 25.0 Å². The first kappa shape index (κ1) is 13.7. The van der Waals surface area contributed by atoms with Gasteiger partial charge in [0.05, 0.1) is 5.39 Å². The summed E-state index contributed by atoms with van der Waals surface area (Å²) < 4.78 is 0. The lowest BCUT2D eigenvalue weighted by Crippen LogP contribution is -2.68. The number of aromatic amines is 1. The van der Waals surface area contributed by atoms with Crippen LogP contribution in [0, 0.1) is 5.41 Å². The lowest BCUT2D eigenvalue weighted by molar-refractivity contribution is -0.156. The molecule has 0 amide bonds. The van der Waals surface area contributed by atoms with Crippen LogP contribution in [0.1, 0.15) is 12.8 Å². The summed E-state index contributed by atoms with van der Waals surface area (Å²) in [6.07, 6.45) is 5.26. The second-order valence-corrected chi connectivity index (χ2v) is 6.56. The molecule has 4 rings (SSSR count). The molecule has 2 fully saturated rings. The molecule has 1 aliphatic heterocycles. The van der Waals surface area contributed by atoms with E-state index in [9.17, 15) is 9.90 Å². The highest BCUT2D eigenvalue weighted by Crippen LogP contribution is 2.51. The molecule has 1 saturated carbocycles. The maximum Gasteiger partial charge on any atom is 0.163 e. The number of nitrogens with zero attached hydrogens (tertiary/aromatic N) is 4. The number of hydrogen-bond donors (Lipinski definition) is 2. The topological polar surface area (TPSA) is 85.3 Å². The maximum atomic E-state index is 10.6. The standard InChI is InChI=1S/C15H19N5O2/c1-19(14-11-2-3-16-13(11)17-9-18-14)10-4-15(5-10)7-20(8-15)12(22)6-21/h2-3,6,9-10,12,22H,4-5,7-8H2,1H3,(H,16,17,18)/t12-/m0/s1. The second-order valence-electron chi connectivity index (χ2n) is 6.56. The normalized spacial score (nSPS) is 22.3. The Labute approximate surface area is 128 Å². The van der Waals surface area contributed by atoms with E-state index in [2.05, 4.69) is 26.9 Å². The van der Waals surface area contributed by atoms with Gasteiger partial charge in [0.2, 0.25) is 0 Å². The number of aliphatic hydroxyl groups excluding tert-OH is 1. The van der Waals surface area contributed by atoms with Crippen LogP contribution >= 0.6 is 0 Å². The van der Waals surface area contributed by atoms with E-state index in [0.717, 1.165) is 42.8 Å². The third-order valence-electron chi connectivity index (χ3n) is 5.12. The SMILES string of the molecule is CN(c1ncnc2[nH]ccc12)C1CC2(C1)CN([C@@H](O)C=O)C2. The molecule has 2 aromatic rings. The number of carbonyl (C=O) groups excluding carboxylic acids is 1. The van der Waals surface area contributed by atoms with Gasteiger partial charge in [-0.3, -0.25) is 9.69 Å². The first-order valence-electron chi connectivity index (χ1n) is 7.50. The lowest BCUT2D eigenvalue weighted by Gasteiger charge is -2.61. The molecule has 1 spiro atoms. The number of aromatic nitrogens is 3. The van der Waals surface area contributed by atoms with Crippen molar-refractivity contribution in [1.29, 1.82) is 0 Å². The Morgan fingerprint density at radius 2 is 2.27 bits per heavy atom. The number of nitrogens with one attached hydrogen (secondary N) is 1. The van der Waals surface area contributed by atoms with Crippen LogP contribution in [-0.4, -0.2) is 63.7 Å². The van der Waals surface area contributed by atoms with Gasteiger partial charge in [-0.15, -0.1) is 0 Å². The molecule has 0 unspecified atom stereocenters. The van der Waals surface area contributed by atoms with Gasteiger partial charge in [0.15, 0.2) is 12.5 Å². The van der Waals surface area contributed by atoms with Crippen LogP contribution in [-0.2, 0) is 4.79 Å². The molecule has 1 aliphatic carbocycles. The zero-order valence-electron chi connectivity index (χ0n) is 12.4. The molecule has 116 valence electrons. The molecule has 3 heterocycles. The number of fused-ring (bicyclic) bond motifs is 1. The van der Waals surface area contributed by atoms with E-state index in [1.54, 1.807) is 6.33 Å². The summed E-state index contributed by atoms with van der Waals surface area (Å²) in [7, 11) is 2.07. The molecular formula is C15H19N5O2. The van der Waals surface area contributed by atoms with Gasteiger partial charge in [-0.1, -0.05) is 0 Å². The van der Waals surface area contributed by atoms with Crippen LogP contribution in [0.2, 0.25) is 0 Å². The van der Waals surface area contributed by atoms with Crippen molar-refractivity contribution in [3.05, 3.63) is 18.6 Å². The summed E-state index contributed by atoms with van der Waals surface area (Å²) >= 11 is 0. The van der Waals surface area contributed by atoms with E-state index in [-0.39, 0.29) is 5.41 Å². The Morgan fingerprint density at radius 3 is 3.00 bits per heavy atom. The van der Waals surface area contributed by atoms with Crippen LogP contribution in [0.25, 0.3) is 11.0 Å². The van der Waals surface area contributed by atoms with Crippen LogP contribution in [0.4, 0.5) is 5.82 Å². The van der Waals surface area contributed by atoms with Crippen molar-refractivity contribution < 1.29 is 9.90 Å². The van der Waals surface area contributed by atoms with Gasteiger partial charge in [-0.25, -0.2) is 9.97 Å². The Balaban J connectivity index is 1.43. The summed E-state index contributed by atoms with van der Waals surface area (Å²) in [5, 5.41) is 10.5. The molecule has 0 aromatic carbocycles. The highest BCUT2D eigenvalue weighted by Gasteiger charge is 2.54. The second kappa shape index (κ2) is 4.76. The minimum atomic E-state index is -0.941. The van der Waals surface area contributed by atoms with Gasteiger partial charge in [0.1, 0.15) is 17.8 Å². The van der Waals surface area contributed by atoms with Crippen LogP contribution in [0.15, 0.2) is 18.6 Å². The molecule has 1 atom stereocenters. The summed E-state index contributed by atoms with van der Waals surface area (Å²) in [4.78, 5) is 26.4. The zero-order chi connectivity index (χ0) is 15.3. The summed E-state index contributed by atoms with van der Waals surface area (Å²) in [6, 6.07) is 2.45. The van der Waals surface area contributed by atoms with Gasteiger partial charge in [0, 0.05) is 32.4 Å². The Bertz CT molecular complexity index is 701. The smallest absolute Gasteiger partial charge is 0.163 e. The molecule has 2 N–H and O–H groups in total. The number of rotatable bonds is 4. The fraction of sp³-hybridized carbons (Fsp3) is 0.533. The first-order valence-corrected chi connectivity index (χ1v) is 7.50. The molecule has 2 aromatic heterocycles. The predicted octanol–water partition coefficient (Wildman–Crippen LogP) is 0.376. The van der Waals surface area contributed by atoms with Crippen molar-refractivity contribution in [2.45, 2.75) is 25.1 Å². The Morgan fingerprint density at radius 1 is 1.50 bits per heavy atom. The third kappa shape index (κ3) is 1.93. The van der Waals surface area contributed by atoms with Crippen LogP contribution < -0.4 is 4.90 Å². The molecular weight excluding hydrogens is 282 g/mol. The van der Waals surface area contributed by atoms with Crippen molar-refractivity contribution in [1.82, 2.24) is 19.9 Å². The fourth-order valence-corrected chi connectivity index (χ4v) is 3.87. The molecule has 2 aliphatic rings. The monoisotopic (exact) mass is 301 g/mol. The van der Waals surface area contributed by atoms with E-state index >= 15 is 0 Å². The lowest BCUT2D eigenvalue weighted by atomic mass is 9.60. The maximum absolute atomic E-state index is 10.6. The number of hydrogen-bond acceptors (Lipinski definition) is 6. The number of H-pyrrole nitrogens is 1. The average Bonchev–Trinajstić information content (AvgIpc) is 2.91. The van der Waals surface area contributed by atoms with E-state index < -0.39 is 6.23 Å². The minimum absolute atomic E-state index is 0.271. The highest BCUT2D eigenvalue weighted by molar-refractivity contribution is 5.87. The van der Waals surface area contributed by atoms with Crippen LogP contribution in [0.3, 0.4) is 0 Å². The van der Waals surface area contributed by atoms with Gasteiger partial charge in [0.25, 0.3) is 0 Å². The largest absolute Gasteiger partial charge is 0.371 e. The van der Waals surface area contributed by atoms with Crippen molar-refractivity contribution in [3.8, 4) is 0 Å². The van der Waals surface area contributed by atoms with Gasteiger partial charge in [-0.2, -0.15) is 0 Å². The van der Waals surface area contributed by atoms with Gasteiger partial charge in [-0.05, 0) is 24.3 Å². The Kier molecular flexibility index (Phi) is 2.95. The molecule has 7 nitrogen and oxygen atoms in total. The highest BCUT2D eigenvalue weighted by atomic mass is 16.3. The van der Waals surface area contributed by atoms with Crippen LogP contribution in [0.5, 0.6) is 0 Å². The average molecular weight is 301 g/mol. The van der Waals surface area contributed by atoms with Crippen molar-refractivity contribution in [3.63, 3.8) is 0 Å². The Hall–Kier alpha value is -1.99. The molecule has 7 heteroatoms. The minimum Gasteiger partial charge on any atom is -0.371 e. The van der Waals surface area contributed by atoms with Gasteiger partial charge < -0.3 is 15.0 Å². The van der Waals surface area contributed by atoms with E-state index in [0.29, 0.717) is 12.3 Å². The fourth-order valence-electron chi connectivity index (χ4n) is 3.87. The zero-order valence-corrected chi connectivity index (χ0v) is 12.4. The third-order valence-corrected chi connectivity index (χ3v) is 5.12. The summed E-state index contributed by atoms with van der Waals surface area (Å²) in [5.41, 5.74) is 1.13. The van der Waals surface area contributed by atoms with Gasteiger partial charge >= 0.3 is 0 Å². The molecule has 0 bridgehead atoms. The van der Waals surface area contributed by atoms with E-state index in [1.807, 2.05) is 17.2 Å². The molecule has 0 radical (unpaired) electrons. The number of aldehydes is 1. The predicted molar refractivity (Wildman–Crippen MR) is 81.4 cm³/mol. The number of likely N-dealkylation sites (tertiary alicyclic amines) is 1. The first-order chi connectivity index (χ1) is 10.6. The van der Waals surface area contributed by atoms with E-state index in [4.69, 9.17) is 0 Å². The van der Waals surface area contributed by atoms with Crippen molar-refractivity contribution >= 4 is 23.1 Å².